The van der Waals surface area contributed by atoms with Gasteiger partial charge in [-0.2, -0.15) is 0 Å². The first-order valence-corrected chi connectivity index (χ1v) is 11.0. The maximum atomic E-state index is 13.7. The van der Waals surface area contributed by atoms with Crippen LogP contribution in [-0.2, 0) is 4.74 Å². The molecule has 2 aromatic heterocycles. The molecule has 8 heteroatoms. The van der Waals surface area contributed by atoms with Crippen molar-refractivity contribution in [2.45, 2.75) is 6.17 Å². The maximum Gasteiger partial charge on any atom is 0.356 e. The smallest absolute Gasteiger partial charge is 0.356 e. The van der Waals surface area contributed by atoms with Crippen LogP contribution in [0.15, 0.2) is 78.9 Å². The minimum atomic E-state index is -0.789. The molecule has 3 heterocycles. The molecule has 35 heavy (non-hydrogen) atoms. The predicted molar refractivity (Wildman–Crippen MR) is 131 cm³/mol. The highest BCUT2D eigenvalue weighted by molar-refractivity contribution is 6.14. The predicted octanol–water partition coefficient (Wildman–Crippen LogP) is 5.41. The molecule has 3 aromatic carbocycles. The molecule has 0 saturated carbocycles. The molecule has 7 nitrogen and oxygen atoms in total. The van der Waals surface area contributed by atoms with Crippen LogP contribution in [0.2, 0.25) is 0 Å². The molecule has 6 rings (SSSR count). The standard InChI is InChI=1S/C27H19FN4O3/c1-35-27(34)22-14-19-17-6-2-4-8-20(17)29-23(19)24(30-22)25-31-21-9-5-3-7-18(21)26(33)32(25)16-12-10-15(28)11-13-16/h2-14,25,29,31H,1H3. The number of amides is 1. The zero-order valence-corrected chi connectivity index (χ0v) is 18.6. The third-order valence-corrected chi connectivity index (χ3v) is 6.21. The van der Waals surface area contributed by atoms with E-state index in [0.29, 0.717) is 28.1 Å². The summed E-state index contributed by atoms with van der Waals surface area (Å²) < 4.78 is 18.7. The third kappa shape index (κ3) is 3.30. The molecule has 0 radical (unpaired) electrons. The minimum absolute atomic E-state index is 0.118. The van der Waals surface area contributed by atoms with Crippen LogP contribution in [0, 0.1) is 5.82 Å². The van der Waals surface area contributed by atoms with Crippen LogP contribution < -0.4 is 10.2 Å². The van der Waals surface area contributed by atoms with Gasteiger partial charge in [0.2, 0.25) is 0 Å². The molecule has 1 aliphatic rings. The summed E-state index contributed by atoms with van der Waals surface area (Å²) in [4.78, 5) is 35.9. The first kappa shape index (κ1) is 20.9. The average molecular weight is 466 g/mol. The van der Waals surface area contributed by atoms with Crippen molar-refractivity contribution in [3.05, 3.63) is 102 Å². The molecular weight excluding hydrogens is 447 g/mol. The highest BCUT2D eigenvalue weighted by atomic mass is 19.1. The fraction of sp³-hybridized carbons (Fsp3) is 0.0741. The lowest BCUT2D eigenvalue weighted by Gasteiger charge is -2.37. The van der Waals surface area contributed by atoms with Gasteiger partial charge in [-0.15, -0.1) is 0 Å². The van der Waals surface area contributed by atoms with Crippen molar-refractivity contribution >= 4 is 45.1 Å². The van der Waals surface area contributed by atoms with E-state index in [2.05, 4.69) is 15.3 Å². The van der Waals surface area contributed by atoms with Crippen LogP contribution in [0.4, 0.5) is 15.8 Å². The number of carbonyl (C=O) groups excluding carboxylic acids is 2. The molecule has 1 amide bonds. The average Bonchev–Trinajstić information content (AvgIpc) is 3.27. The van der Waals surface area contributed by atoms with E-state index in [0.717, 1.165) is 16.3 Å². The molecule has 1 aliphatic heterocycles. The summed E-state index contributed by atoms with van der Waals surface area (Å²) in [6.45, 7) is 0. The number of carbonyl (C=O) groups is 2. The van der Waals surface area contributed by atoms with Gasteiger partial charge in [0, 0.05) is 27.7 Å². The summed E-state index contributed by atoms with van der Waals surface area (Å²) in [7, 11) is 1.30. The zero-order valence-electron chi connectivity index (χ0n) is 18.6. The Bertz CT molecular complexity index is 1630. The topological polar surface area (TPSA) is 87.3 Å². The van der Waals surface area contributed by atoms with Gasteiger partial charge in [-0.3, -0.25) is 9.69 Å². The van der Waals surface area contributed by atoms with Gasteiger partial charge in [-0.25, -0.2) is 14.2 Å². The van der Waals surface area contributed by atoms with Crippen molar-refractivity contribution in [2.24, 2.45) is 0 Å². The highest BCUT2D eigenvalue weighted by Crippen LogP contribution is 2.39. The van der Waals surface area contributed by atoms with Gasteiger partial charge in [-0.1, -0.05) is 30.3 Å². The van der Waals surface area contributed by atoms with E-state index in [1.807, 2.05) is 36.4 Å². The Labute approximate surface area is 199 Å². The van der Waals surface area contributed by atoms with Crippen molar-refractivity contribution in [3.63, 3.8) is 0 Å². The SMILES string of the molecule is COC(=O)c1cc2c([nH]c3ccccc32)c(C2Nc3ccccc3C(=O)N2c2ccc(F)cc2)n1. The molecule has 1 unspecified atom stereocenters. The molecule has 0 saturated heterocycles. The molecule has 0 spiro atoms. The number of aromatic nitrogens is 2. The van der Waals surface area contributed by atoms with Gasteiger partial charge in [0.25, 0.3) is 5.91 Å². The number of benzene rings is 3. The van der Waals surface area contributed by atoms with Gasteiger partial charge >= 0.3 is 5.97 Å². The van der Waals surface area contributed by atoms with Crippen molar-refractivity contribution in [2.75, 3.05) is 17.3 Å². The number of esters is 1. The van der Waals surface area contributed by atoms with E-state index in [-0.39, 0.29) is 11.6 Å². The fourth-order valence-electron chi connectivity index (χ4n) is 4.59. The number of hydrogen-bond acceptors (Lipinski definition) is 5. The number of aromatic amines is 1. The largest absolute Gasteiger partial charge is 0.464 e. The number of pyridine rings is 1. The lowest BCUT2D eigenvalue weighted by atomic mass is 10.0. The summed E-state index contributed by atoms with van der Waals surface area (Å²) in [5.41, 5.74) is 3.69. The van der Waals surface area contributed by atoms with E-state index in [1.165, 1.54) is 24.1 Å². The number of para-hydroxylation sites is 2. The summed E-state index contributed by atoms with van der Waals surface area (Å²) in [5, 5.41) is 5.09. The molecule has 1 atom stereocenters. The van der Waals surface area contributed by atoms with Crippen LogP contribution in [0.3, 0.4) is 0 Å². The number of fused-ring (bicyclic) bond motifs is 4. The van der Waals surface area contributed by atoms with Crippen LogP contribution in [0.1, 0.15) is 32.7 Å². The van der Waals surface area contributed by atoms with Crippen molar-refractivity contribution in [3.8, 4) is 0 Å². The maximum absolute atomic E-state index is 13.7. The molecule has 5 aromatic rings. The number of halogens is 1. The second-order valence-electron chi connectivity index (χ2n) is 8.22. The summed E-state index contributed by atoms with van der Waals surface area (Å²) in [6.07, 6.45) is -0.789. The Morgan fingerprint density at radius 1 is 1.00 bits per heavy atom. The highest BCUT2D eigenvalue weighted by Gasteiger charge is 2.36. The molecule has 2 N–H and O–H groups in total. The van der Waals surface area contributed by atoms with Gasteiger partial charge in [0.05, 0.1) is 18.2 Å². The van der Waals surface area contributed by atoms with Crippen molar-refractivity contribution in [1.29, 1.82) is 0 Å². The molecule has 172 valence electrons. The van der Waals surface area contributed by atoms with E-state index in [1.54, 1.807) is 30.3 Å². The van der Waals surface area contributed by atoms with Gasteiger partial charge in [0.1, 0.15) is 17.2 Å². The van der Waals surface area contributed by atoms with Crippen LogP contribution in [0.25, 0.3) is 21.8 Å². The Morgan fingerprint density at radius 2 is 1.74 bits per heavy atom. The van der Waals surface area contributed by atoms with Crippen LogP contribution in [0.5, 0.6) is 0 Å². The van der Waals surface area contributed by atoms with E-state index < -0.39 is 18.0 Å². The number of anilines is 2. The Hall–Kier alpha value is -4.72. The third-order valence-electron chi connectivity index (χ3n) is 6.21. The Morgan fingerprint density at radius 3 is 2.54 bits per heavy atom. The normalized spacial score (nSPS) is 15.2. The number of nitrogens with one attached hydrogen (secondary N) is 2. The van der Waals surface area contributed by atoms with Crippen molar-refractivity contribution < 1.29 is 18.7 Å². The summed E-state index contributed by atoms with van der Waals surface area (Å²) in [5.74, 6) is -1.27. The van der Waals surface area contributed by atoms with E-state index in [4.69, 9.17) is 4.74 Å². The summed E-state index contributed by atoms with van der Waals surface area (Å²) in [6, 6.07) is 22.3. The minimum Gasteiger partial charge on any atom is -0.464 e. The lowest BCUT2D eigenvalue weighted by Crippen LogP contribution is -2.43. The fourth-order valence-corrected chi connectivity index (χ4v) is 4.59. The van der Waals surface area contributed by atoms with Gasteiger partial charge in [-0.05, 0) is 48.5 Å². The molecule has 0 aliphatic carbocycles. The molecule has 0 bridgehead atoms. The number of methoxy groups -OCH3 is 1. The quantitative estimate of drug-likeness (QED) is 0.347. The van der Waals surface area contributed by atoms with Gasteiger partial charge < -0.3 is 15.0 Å². The summed E-state index contributed by atoms with van der Waals surface area (Å²) >= 11 is 0. The number of nitrogens with zero attached hydrogens (tertiary/aromatic N) is 2. The van der Waals surface area contributed by atoms with Crippen molar-refractivity contribution in [1.82, 2.24) is 9.97 Å². The monoisotopic (exact) mass is 466 g/mol. The van der Waals surface area contributed by atoms with E-state index in [9.17, 15) is 14.0 Å². The Kier molecular flexibility index (Phi) is 4.74. The lowest BCUT2D eigenvalue weighted by molar-refractivity contribution is 0.0594. The Balaban J connectivity index is 1.64. The van der Waals surface area contributed by atoms with E-state index >= 15 is 0 Å². The second-order valence-corrected chi connectivity index (χ2v) is 8.22. The number of hydrogen-bond donors (Lipinski definition) is 2. The van der Waals surface area contributed by atoms with Gasteiger partial charge in [0.15, 0.2) is 6.17 Å². The second kappa shape index (κ2) is 7.95. The number of rotatable bonds is 3. The zero-order chi connectivity index (χ0) is 24.1. The number of H-pyrrole nitrogens is 1. The molecular formula is C27H19FN4O3. The first-order chi connectivity index (χ1) is 17.0. The van der Waals surface area contributed by atoms with Crippen LogP contribution >= 0.6 is 0 Å². The molecule has 0 fully saturated rings. The first-order valence-electron chi connectivity index (χ1n) is 11.0. The van der Waals surface area contributed by atoms with Crippen LogP contribution in [-0.4, -0.2) is 29.0 Å². The number of ether oxygens (including phenoxy) is 1.